The van der Waals surface area contributed by atoms with Crippen molar-refractivity contribution in [2.45, 2.75) is 39.3 Å². The van der Waals surface area contributed by atoms with Crippen LogP contribution in [0.15, 0.2) is 12.3 Å². The average Bonchev–Trinajstić information content (AvgIpc) is 2.13. The van der Waals surface area contributed by atoms with Crippen LogP contribution < -0.4 is 0 Å². The van der Waals surface area contributed by atoms with Crippen molar-refractivity contribution < 1.29 is 0 Å². The summed E-state index contributed by atoms with van der Waals surface area (Å²) in [6.07, 6.45) is 0. The molecule has 0 aromatic rings. The molecule has 1 saturated heterocycles. The van der Waals surface area contributed by atoms with E-state index in [1.807, 2.05) is 0 Å². The van der Waals surface area contributed by atoms with Gasteiger partial charge in [0.15, 0.2) is 0 Å². The minimum absolute atomic E-state index is 0.129. The molecule has 0 unspecified atom stereocenters. The van der Waals surface area contributed by atoms with Crippen molar-refractivity contribution >= 4 is 0 Å². The largest absolute Gasteiger partial charge is 0.358 e. The Kier molecular flexibility index (Phi) is 2.21. The van der Waals surface area contributed by atoms with Gasteiger partial charge in [0.25, 0.3) is 0 Å². The van der Waals surface area contributed by atoms with Gasteiger partial charge in [0, 0.05) is 11.7 Å². The van der Waals surface area contributed by atoms with E-state index in [1.54, 1.807) is 0 Å². The molecule has 0 N–H and O–H groups in total. The number of likely N-dealkylation sites (N-methyl/N-ethyl adjacent to an activating group) is 1. The summed E-state index contributed by atoms with van der Waals surface area (Å²) in [6.45, 7) is 14.0. The molecule has 0 aliphatic carbocycles. The maximum Gasteiger partial charge on any atom is 0.0712 e. The Morgan fingerprint density at radius 1 is 1.42 bits per heavy atom. The molecule has 0 atom stereocenters. The van der Waals surface area contributed by atoms with E-state index in [9.17, 15) is 0 Å². The van der Waals surface area contributed by atoms with Crippen LogP contribution in [0.25, 0.3) is 0 Å². The zero-order valence-corrected chi connectivity index (χ0v) is 8.89. The van der Waals surface area contributed by atoms with Gasteiger partial charge in [0.1, 0.15) is 0 Å². The minimum atomic E-state index is 0.129. The predicted octanol–water partition coefficient (Wildman–Crippen LogP) is 1.89. The van der Waals surface area contributed by atoms with Gasteiger partial charge in [0.2, 0.25) is 0 Å². The van der Waals surface area contributed by atoms with E-state index in [0.717, 1.165) is 6.67 Å². The second-order valence-corrected chi connectivity index (χ2v) is 4.41. The highest BCUT2D eigenvalue weighted by Gasteiger charge is 2.38. The third-order valence-electron chi connectivity index (χ3n) is 3.00. The fraction of sp³-hybridized carbons (Fsp3) is 0.800. The number of hydrogen-bond donors (Lipinski definition) is 0. The Morgan fingerprint density at radius 3 is 2.08 bits per heavy atom. The zero-order chi connectivity index (χ0) is 9.52. The summed E-state index contributed by atoms with van der Waals surface area (Å²) in [5.41, 5.74) is 1.37. The Labute approximate surface area is 75.8 Å². The molecule has 1 heterocycles. The molecule has 1 rings (SSSR count). The molecule has 1 fully saturated rings. The van der Waals surface area contributed by atoms with E-state index in [4.69, 9.17) is 0 Å². The van der Waals surface area contributed by atoms with Crippen molar-refractivity contribution in [3.63, 3.8) is 0 Å². The Hall–Kier alpha value is -0.500. The van der Waals surface area contributed by atoms with E-state index >= 15 is 0 Å². The van der Waals surface area contributed by atoms with Crippen LogP contribution in [0.4, 0.5) is 0 Å². The van der Waals surface area contributed by atoms with Gasteiger partial charge >= 0.3 is 0 Å². The normalized spacial score (nSPS) is 24.2. The van der Waals surface area contributed by atoms with Crippen LogP contribution >= 0.6 is 0 Å². The maximum absolute atomic E-state index is 4.14. The summed E-state index contributed by atoms with van der Waals surface area (Å²) in [4.78, 5) is 4.68. The molecule has 0 aromatic heterocycles. The van der Waals surface area contributed by atoms with Gasteiger partial charge in [-0.15, -0.1) is 0 Å². The molecule has 1 aliphatic heterocycles. The second-order valence-electron chi connectivity index (χ2n) is 4.41. The second kappa shape index (κ2) is 2.77. The standard InChI is InChI=1S/C10H20N2/c1-8(2)12-7-11(6)10(4,5)9(12)3/h8H,3,7H2,1-2,4-6H3. The van der Waals surface area contributed by atoms with Crippen LogP contribution in [0.2, 0.25) is 0 Å². The molecule has 70 valence electrons. The molecule has 1 aliphatic rings. The number of rotatable bonds is 1. The summed E-state index contributed by atoms with van der Waals surface area (Å²) >= 11 is 0. The smallest absolute Gasteiger partial charge is 0.0712 e. The summed E-state index contributed by atoms with van der Waals surface area (Å²) in [5.74, 6) is 0. The fourth-order valence-electron chi connectivity index (χ4n) is 1.54. The quantitative estimate of drug-likeness (QED) is 0.590. The molecular weight excluding hydrogens is 148 g/mol. The topological polar surface area (TPSA) is 6.48 Å². The lowest BCUT2D eigenvalue weighted by Crippen LogP contribution is -2.35. The van der Waals surface area contributed by atoms with E-state index < -0.39 is 0 Å². The first kappa shape index (κ1) is 9.59. The first-order valence-electron chi connectivity index (χ1n) is 4.54. The minimum Gasteiger partial charge on any atom is -0.358 e. The third-order valence-corrected chi connectivity index (χ3v) is 3.00. The van der Waals surface area contributed by atoms with Crippen molar-refractivity contribution in [3.05, 3.63) is 12.3 Å². The Morgan fingerprint density at radius 2 is 1.92 bits per heavy atom. The van der Waals surface area contributed by atoms with Gasteiger partial charge in [-0.1, -0.05) is 6.58 Å². The molecule has 12 heavy (non-hydrogen) atoms. The van der Waals surface area contributed by atoms with Crippen LogP contribution in [-0.2, 0) is 0 Å². The number of hydrogen-bond acceptors (Lipinski definition) is 2. The van der Waals surface area contributed by atoms with Gasteiger partial charge in [-0.25, -0.2) is 0 Å². The lowest BCUT2D eigenvalue weighted by Gasteiger charge is -2.28. The Bertz CT molecular complexity index is 194. The zero-order valence-electron chi connectivity index (χ0n) is 8.89. The van der Waals surface area contributed by atoms with Crippen LogP contribution in [0.1, 0.15) is 27.7 Å². The SMILES string of the molecule is C=C1N(C(C)C)CN(C)C1(C)C. The predicted molar refractivity (Wildman–Crippen MR) is 52.8 cm³/mol. The van der Waals surface area contributed by atoms with E-state index in [0.29, 0.717) is 6.04 Å². The lowest BCUT2D eigenvalue weighted by molar-refractivity contribution is 0.207. The van der Waals surface area contributed by atoms with Gasteiger partial charge in [-0.2, -0.15) is 0 Å². The van der Waals surface area contributed by atoms with E-state index in [2.05, 4.69) is 51.1 Å². The van der Waals surface area contributed by atoms with Gasteiger partial charge in [-0.05, 0) is 34.7 Å². The summed E-state index contributed by atoms with van der Waals surface area (Å²) in [7, 11) is 2.15. The molecule has 2 nitrogen and oxygen atoms in total. The molecule has 0 radical (unpaired) electrons. The fourth-order valence-corrected chi connectivity index (χ4v) is 1.54. The highest BCUT2D eigenvalue weighted by atomic mass is 15.4. The van der Waals surface area contributed by atoms with Crippen LogP contribution in [0, 0.1) is 0 Å². The van der Waals surface area contributed by atoms with Crippen molar-refractivity contribution in [2.75, 3.05) is 13.7 Å². The van der Waals surface area contributed by atoms with Gasteiger partial charge in [0.05, 0.1) is 12.2 Å². The number of nitrogens with zero attached hydrogens (tertiary/aromatic N) is 2. The monoisotopic (exact) mass is 168 g/mol. The molecular formula is C10H20N2. The molecule has 0 saturated carbocycles. The van der Waals surface area contributed by atoms with Crippen LogP contribution in [-0.4, -0.2) is 35.1 Å². The lowest BCUT2D eigenvalue weighted by atomic mass is 10.0. The Balaban J connectivity index is 2.84. The first-order valence-corrected chi connectivity index (χ1v) is 4.54. The van der Waals surface area contributed by atoms with Crippen LogP contribution in [0.3, 0.4) is 0 Å². The third kappa shape index (κ3) is 1.24. The van der Waals surface area contributed by atoms with Gasteiger partial charge in [-0.3, -0.25) is 4.90 Å². The summed E-state index contributed by atoms with van der Waals surface area (Å²) in [6, 6.07) is 0.557. The van der Waals surface area contributed by atoms with E-state index in [1.165, 1.54) is 5.70 Å². The molecule has 0 aromatic carbocycles. The molecule has 0 amide bonds. The van der Waals surface area contributed by atoms with Crippen molar-refractivity contribution in [1.29, 1.82) is 0 Å². The van der Waals surface area contributed by atoms with Gasteiger partial charge < -0.3 is 4.90 Å². The average molecular weight is 168 g/mol. The first-order chi connectivity index (χ1) is 5.37. The molecule has 2 heteroatoms. The summed E-state index contributed by atoms with van der Waals surface area (Å²) < 4.78 is 0. The highest BCUT2D eigenvalue weighted by Crippen LogP contribution is 2.32. The van der Waals surface area contributed by atoms with Crippen molar-refractivity contribution in [1.82, 2.24) is 9.80 Å². The molecule has 0 bridgehead atoms. The molecule has 0 spiro atoms. The van der Waals surface area contributed by atoms with Crippen LogP contribution in [0.5, 0.6) is 0 Å². The summed E-state index contributed by atoms with van der Waals surface area (Å²) in [5, 5.41) is 0. The highest BCUT2D eigenvalue weighted by molar-refractivity contribution is 5.17. The maximum atomic E-state index is 4.14. The van der Waals surface area contributed by atoms with Crippen molar-refractivity contribution in [2.24, 2.45) is 0 Å². The van der Waals surface area contributed by atoms with E-state index in [-0.39, 0.29) is 5.54 Å². The van der Waals surface area contributed by atoms with Crippen molar-refractivity contribution in [3.8, 4) is 0 Å².